The number of hydrazine groups is 1. The molecular weight excluding hydrogens is 380 g/mol. The highest BCUT2D eigenvalue weighted by Gasteiger charge is 2.28. The van der Waals surface area contributed by atoms with Crippen molar-refractivity contribution in [2.45, 2.75) is 19.1 Å². The maximum atomic E-state index is 12.3. The molecule has 0 saturated carbocycles. The maximum Gasteiger partial charge on any atom is 0.283 e. The van der Waals surface area contributed by atoms with Crippen LogP contribution in [0.15, 0.2) is 48.5 Å². The largest absolute Gasteiger partial charge is 0.485 e. The van der Waals surface area contributed by atoms with Crippen LogP contribution < -0.4 is 25.6 Å². The Balaban J connectivity index is 1.29. The van der Waals surface area contributed by atoms with Gasteiger partial charge in [0.2, 0.25) is 6.10 Å². The quantitative estimate of drug-likeness (QED) is 0.582. The van der Waals surface area contributed by atoms with Crippen molar-refractivity contribution in [3.63, 3.8) is 0 Å². The Kier molecular flexibility index (Phi) is 4.98. The summed E-state index contributed by atoms with van der Waals surface area (Å²) in [5.41, 5.74) is 5.64. The molecule has 1 aliphatic rings. The van der Waals surface area contributed by atoms with Crippen molar-refractivity contribution in [1.29, 1.82) is 0 Å². The Hall–Kier alpha value is -3.33. The van der Waals surface area contributed by atoms with E-state index in [1.54, 1.807) is 25.1 Å². The molecule has 28 heavy (non-hydrogen) atoms. The zero-order chi connectivity index (χ0) is 19.5. The number of aromatic nitrogens is 1. The summed E-state index contributed by atoms with van der Waals surface area (Å²) in [6, 6.07) is 14.2. The fourth-order valence-electron chi connectivity index (χ4n) is 2.65. The van der Waals surface area contributed by atoms with Gasteiger partial charge in [-0.2, -0.15) is 0 Å². The highest BCUT2D eigenvalue weighted by molar-refractivity contribution is 7.22. The minimum atomic E-state index is -0.845. The number of amides is 2. The number of nitrogens with zero attached hydrogens (tertiary/aromatic N) is 1. The van der Waals surface area contributed by atoms with Gasteiger partial charge in [-0.3, -0.25) is 20.4 Å². The number of para-hydroxylation sites is 3. The highest BCUT2D eigenvalue weighted by atomic mass is 32.1. The number of thiazole rings is 1. The van der Waals surface area contributed by atoms with Crippen molar-refractivity contribution in [3.05, 3.63) is 48.5 Å². The number of anilines is 1. The molecule has 4 rings (SSSR count). The second kappa shape index (κ2) is 7.73. The van der Waals surface area contributed by atoms with Crippen molar-refractivity contribution in [2.75, 3.05) is 11.9 Å². The smallest absolute Gasteiger partial charge is 0.283 e. The molecule has 3 aromatic rings. The lowest BCUT2D eigenvalue weighted by atomic mass is 10.2. The van der Waals surface area contributed by atoms with E-state index in [1.807, 2.05) is 30.3 Å². The van der Waals surface area contributed by atoms with E-state index in [4.69, 9.17) is 9.47 Å². The minimum absolute atomic E-state index is 0.0677. The highest BCUT2D eigenvalue weighted by Crippen LogP contribution is 2.30. The first kappa shape index (κ1) is 18.1. The molecular formula is C19H18N4O4S. The molecule has 2 unspecified atom stereocenters. The van der Waals surface area contributed by atoms with E-state index in [0.717, 1.165) is 10.2 Å². The molecule has 2 aromatic carbocycles. The van der Waals surface area contributed by atoms with Gasteiger partial charge in [0.15, 0.2) is 16.6 Å². The van der Waals surface area contributed by atoms with Gasteiger partial charge >= 0.3 is 0 Å². The molecule has 0 bridgehead atoms. The molecule has 0 spiro atoms. The molecule has 0 aliphatic carbocycles. The number of carbonyl (C=O) groups is 2. The average molecular weight is 398 g/mol. The molecule has 2 atom stereocenters. The summed E-state index contributed by atoms with van der Waals surface area (Å²) in [4.78, 5) is 28.9. The molecule has 1 aromatic heterocycles. The van der Waals surface area contributed by atoms with E-state index >= 15 is 0 Å². The minimum Gasteiger partial charge on any atom is -0.485 e. The third-order valence-corrected chi connectivity index (χ3v) is 5.10. The topological polar surface area (TPSA) is 102 Å². The first-order valence-electron chi connectivity index (χ1n) is 8.70. The van der Waals surface area contributed by atoms with Gasteiger partial charge in [-0.1, -0.05) is 35.6 Å². The summed E-state index contributed by atoms with van der Waals surface area (Å²) in [6.07, 6.45) is -0.845. The number of rotatable bonds is 4. The number of fused-ring (bicyclic) bond motifs is 2. The van der Waals surface area contributed by atoms with E-state index < -0.39 is 24.0 Å². The molecule has 2 heterocycles. The molecule has 2 amide bonds. The van der Waals surface area contributed by atoms with E-state index in [9.17, 15) is 9.59 Å². The Morgan fingerprint density at radius 2 is 1.86 bits per heavy atom. The normalized spacial score (nSPS) is 16.2. The van der Waals surface area contributed by atoms with Crippen molar-refractivity contribution >= 4 is 38.5 Å². The lowest BCUT2D eigenvalue weighted by Crippen LogP contribution is -2.53. The van der Waals surface area contributed by atoms with Crippen LogP contribution in [0.4, 0.5) is 5.13 Å². The fourth-order valence-corrected chi connectivity index (χ4v) is 3.60. The van der Waals surface area contributed by atoms with Gasteiger partial charge in [-0.05, 0) is 31.2 Å². The number of benzene rings is 2. The fraction of sp³-hybridized carbons (Fsp3) is 0.211. The molecule has 1 aliphatic heterocycles. The first-order chi connectivity index (χ1) is 13.6. The molecule has 3 N–H and O–H groups in total. The molecule has 8 nitrogen and oxygen atoms in total. The Morgan fingerprint density at radius 3 is 2.68 bits per heavy atom. The SMILES string of the molecule is CC(Nc1nc2ccccc2s1)C(=O)NNC(=O)C1COc2ccccc2O1. The first-order valence-corrected chi connectivity index (χ1v) is 9.52. The van der Waals surface area contributed by atoms with Crippen molar-refractivity contribution in [1.82, 2.24) is 15.8 Å². The summed E-state index contributed by atoms with van der Waals surface area (Å²) in [6.45, 7) is 1.75. The van der Waals surface area contributed by atoms with Crippen LogP contribution in [0, 0.1) is 0 Å². The van der Waals surface area contributed by atoms with Gasteiger partial charge in [0, 0.05) is 0 Å². The zero-order valence-corrected chi connectivity index (χ0v) is 15.8. The number of carbonyl (C=O) groups excluding carboxylic acids is 2. The van der Waals surface area contributed by atoms with E-state index in [0.29, 0.717) is 16.6 Å². The van der Waals surface area contributed by atoms with Crippen LogP contribution in [0.1, 0.15) is 6.92 Å². The van der Waals surface area contributed by atoms with Crippen LogP contribution in [-0.4, -0.2) is 35.6 Å². The Labute approximate surface area is 164 Å². The summed E-state index contributed by atoms with van der Waals surface area (Å²) in [7, 11) is 0. The van der Waals surface area contributed by atoms with Crippen molar-refractivity contribution in [3.8, 4) is 11.5 Å². The van der Waals surface area contributed by atoms with Crippen molar-refractivity contribution < 1.29 is 19.1 Å². The Bertz CT molecular complexity index is 989. The van der Waals surface area contributed by atoms with Crippen molar-refractivity contribution in [2.24, 2.45) is 0 Å². The van der Waals surface area contributed by atoms with Crippen LogP contribution in [0.2, 0.25) is 0 Å². The molecule has 144 valence electrons. The molecule has 9 heteroatoms. The second-order valence-electron chi connectivity index (χ2n) is 6.20. The third-order valence-electron chi connectivity index (χ3n) is 4.14. The van der Waals surface area contributed by atoms with Gasteiger partial charge in [-0.25, -0.2) is 4.98 Å². The predicted octanol–water partition coefficient (Wildman–Crippen LogP) is 2.08. The molecule has 0 saturated heterocycles. The summed E-state index contributed by atoms with van der Waals surface area (Å²) in [5.74, 6) is 0.190. The van der Waals surface area contributed by atoms with Gasteiger partial charge in [-0.15, -0.1) is 0 Å². The van der Waals surface area contributed by atoms with Crippen LogP contribution >= 0.6 is 11.3 Å². The lowest BCUT2D eigenvalue weighted by Gasteiger charge is -2.25. The summed E-state index contributed by atoms with van der Waals surface area (Å²) < 4.78 is 12.1. The van der Waals surface area contributed by atoms with Gasteiger partial charge in [0.05, 0.1) is 10.2 Å². The Morgan fingerprint density at radius 1 is 1.11 bits per heavy atom. The second-order valence-corrected chi connectivity index (χ2v) is 7.23. The number of hydrogen-bond donors (Lipinski definition) is 3. The summed E-state index contributed by atoms with van der Waals surface area (Å²) >= 11 is 1.46. The van der Waals surface area contributed by atoms with Crippen LogP contribution in [0.5, 0.6) is 11.5 Å². The van der Waals surface area contributed by atoms with E-state index in [-0.39, 0.29) is 6.61 Å². The molecule has 0 radical (unpaired) electrons. The van der Waals surface area contributed by atoms with Crippen LogP contribution in [0.3, 0.4) is 0 Å². The van der Waals surface area contributed by atoms with Gasteiger partial charge in [0.1, 0.15) is 12.6 Å². The standard InChI is InChI=1S/C19H18N4O4S/c1-11(20-19-21-12-6-2-5-9-16(12)28-19)17(24)22-23-18(25)15-10-26-13-7-3-4-8-14(13)27-15/h2-9,11,15H,10H2,1H3,(H,20,21)(H,22,24)(H,23,25). The van der Waals surface area contributed by atoms with Gasteiger partial charge < -0.3 is 14.8 Å². The predicted molar refractivity (Wildman–Crippen MR) is 105 cm³/mol. The number of ether oxygens (including phenoxy) is 2. The molecule has 0 fully saturated rings. The maximum absolute atomic E-state index is 12.3. The summed E-state index contributed by atoms with van der Waals surface area (Å²) in [5, 5.41) is 3.67. The number of hydrogen-bond acceptors (Lipinski definition) is 7. The number of nitrogens with one attached hydrogen (secondary N) is 3. The third kappa shape index (κ3) is 3.84. The average Bonchev–Trinajstić information content (AvgIpc) is 3.13. The zero-order valence-electron chi connectivity index (χ0n) is 15.0. The van der Waals surface area contributed by atoms with E-state index in [1.165, 1.54) is 11.3 Å². The van der Waals surface area contributed by atoms with Gasteiger partial charge in [0.25, 0.3) is 11.8 Å². The lowest BCUT2D eigenvalue weighted by molar-refractivity contribution is -0.135. The van der Waals surface area contributed by atoms with E-state index in [2.05, 4.69) is 21.2 Å². The van der Waals surface area contributed by atoms with Crippen LogP contribution in [-0.2, 0) is 9.59 Å². The monoisotopic (exact) mass is 398 g/mol. The van der Waals surface area contributed by atoms with Crippen LogP contribution in [0.25, 0.3) is 10.2 Å².